The molecule has 0 saturated carbocycles. The van der Waals surface area contributed by atoms with Gasteiger partial charge in [0.2, 0.25) is 0 Å². The fraction of sp³-hybridized carbons (Fsp3) is 0.0769. The van der Waals surface area contributed by atoms with Gasteiger partial charge in [-0.1, -0.05) is 82.1 Å². The predicted molar refractivity (Wildman–Crippen MR) is 135 cm³/mol. The lowest BCUT2D eigenvalue weighted by atomic mass is 10.0. The Hall–Kier alpha value is -3.35. The van der Waals surface area contributed by atoms with Gasteiger partial charge in [-0.2, -0.15) is 5.10 Å². The van der Waals surface area contributed by atoms with Crippen LogP contribution in [0.1, 0.15) is 11.1 Å². The quantitative estimate of drug-likeness (QED) is 0.216. The number of benzene rings is 4. The van der Waals surface area contributed by atoms with Crippen LogP contribution in [0.4, 0.5) is 0 Å². The van der Waals surface area contributed by atoms with Crippen molar-refractivity contribution in [3.63, 3.8) is 0 Å². The number of carbonyl (C=O) groups excluding carboxylic acids is 1. The molecule has 0 aliphatic rings. The SMILES string of the molecule is O=C(COc1ccccc1Cl)N/N=C\c1c(OCc2ccc(Br)cc2)ccc2ccccc12. The number of hydrazone groups is 1. The second-order valence-corrected chi connectivity index (χ2v) is 8.45. The molecule has 0 atom stereocenters. The minimum absolute atomic E-state index is 0.205. The van der Waals surface area contributed by atoms with Crippen LogP contribution in [-0.2, 0) is 11.4 Å². The Kier molecular flexibility index (Phi) is 7.60. The van der Waals surface area contributed by atoms with E-state index in [0.717, 1.165) is 26.4 Å². The van der Waals surface area contributed by atoms with E-state index >= 15 is 0 Å². The van der Waals surface area contributed by atoms with Crippen molar-refractivity contribution in [3.05, 3.63) is 106 Å². The van der Waals surface area contributed by atoms with Crippen molar-refractivity contribution in [2.75, 3.05) is 6.61 Å². The normalized spacial score (nSPS) is 11.0. The Morgan fingerprint density at radius 2 is 1.67 bits per heavy atom. The first-order chi connectivity index (χ1) is 16.1. The molecule has 4 aromatic rings. The number of rotatable bonds is 8. The molecule has 0 bridgehead atoms. The minimum atomic E-state index is -0.399. The van der Waals surface area contributed by atoms with E-state index in [2.05, 4.69) is 26.5 Å². The molecule has 0 saturated heterocycles. The van der Waals surface area contributed by atoms with Crippen LogP contribution in [0.15, 0.2) is 94.5 Å². The van der Waals surface area contributed by atoms with E-state index in [1.807, 2.05) is 60.7 Å². The Labute approximate surface area is 205 Å². The van der Waals surface area contributed by atoms with Crippen molar-refractivity contribution in [1.82, 2.24) is 5.43 Å². The number of fused-ring (bicyclic) bond motifs is 1. The third kappa shape index (κ3) is 6.12. The van der Waals surface area contributed by atoms with Crippen LogP contribution in [0.25, 0.3) is 10.8 Å². The molecule has 0 aliphatic carbocycles. The van der Waals surface area contributed by atoms with E-state index in [1.54, 1.807) is 30.5 Å². The molecule has 7 heteroatoms. The zero-order chi connectivity index (χ0) is 23.0. The molecule has 0 aliphatic heterocycles. The van der Waals surface area contributed by atoms with Crippen molar-refractivity contribution < 1.29 is 14.3 Å². The summed E-state index contributed by atoms with van der Waals surface area (Å²) in [7, 11) is 0. The van der Waals surface area contributed by atoms with Crippen molar-refractivity contribution in [3.8, 4) is 11.5 Å². The lowest BCUT2D eigenvalue weighted by Crippen LogP contribution is -2.24. The number of carbonyl (C=O) groups is 1. The van der Waals surface area contributed by atoms with Crippen LogP contribution in [0.5, 0.6) is 11.5 Å². The first-order valence-corrected chi connectivity index (χ1v) is 11.4. The van der Waals surface area contributed by atoms with Gasteiger partial charge in [-0.25, -0.2) is 5.43 Å². The summed E-state index contributed by atoms with van der Waals surface area (Å²) in [4.78, 5) is 12.2. The highest BCUT2D eigenvalue weighted by atomic mass is 79.9. The molecule has 1 N–H and O–H groups in total. The molecule has 0 unspecified atom stereocenters. The third-order valence-corrected chi connectivity index (χ3v) is 5.66. The number of hydrogen-bond acceptors (Lipinski definition) is 4. The summed E-state index contributed by atoms with van der Waals surface area (Å²) in [5, 5.41) is 6.59. The number of nitrogens with one attached hydrogen (secondary N) is 1. The van der Waals surface area contributed by atoms with E-state index in [0.29, 0.717) is 23.1 Å². The highest BCUT2D eigenvalue weighted by Crippen LogP contribution is 2.27. The molecule has 4 rings (SSSR count). The topological polar surface area (TPSA) is 59.9 Å². The number of nitrogens with zero attached hydrogens (tertiary/aromatic N) is 1. The van der Waals surface area contributed by atoms with E-state index in [1.165, 1.54) is 0 Å². The summed E-state index contributed by atoms with van der Waals surface area (Å²) in [6.45, 7) is 0.202. The molecule has 0 aromatic heterocycles. The van der Waals surface area contributed by atoms with Crippen LogP contribution in [0.2, 0.25) is 5.02 Å². The first-order valence-electron chi connectivity index (χ1n) is 10.2. The largest absolute Gasteiger partial charge is 0.488 e. The fourth-order valence-electron chi connectivity index (χ4n) is 3.18. The van der Waals surface area contributed by atoms with Crippen molar-refractivity contribution in [1.29, 1.82) is 0 Å². The molecule has 0 spiro atoms. The van der Waals surface area contributed by atoms with Gasteiger partial charge in [-0.3, -0.25) is 4.79 Å². The van der Waals surface area contributed by atoms with Gasteiger partial charge in [-0.05, 0) is 46.7 Å². The van der Waals surface area contributed by atoms with Gasteiger partial charge >= 0.3 is 0 Å². The maximum atomic E-state index is 12.2. The third-order valence-electron chi connectivity index (χ3n) is 4.82. The van der Waals surface area contributed by atoms with Crippen LogP contribution in [-0.4, -0.2) is 18.7 Å². The number of amides is 1. The summed E-state index contributed by atoms with van der Waals surface area (Å²) in [6.07, 6.45) is 1.59. The van der Waals surface area contributed by atoms with Gasteiger partial charge in [0.25, 0.3) is 5.91 Å². The summed E-state index contributed by atoms with van der Waals surface area (Å²) in [5.41, 5.74) is 4.31. The Balaban J connectivity index is 1.47. The lowest BCUT2D eigenvalue weighted by molar-refractivity contribution is -0.123. The molecule has 0 fully saturated rings. The van der Waals surface area contributed by atoms with Gasteiger partial charge in [0.1, 0.15) is 18.1 Å². The zero-order valence-electron chi connectivity index (χ0n) is 17.5. The highest BCUT2D eigenvalue weighted by molar-refractivity contribution is 9.10. The van der Waals surface area contributed by atoms with Gasteiger partial charge in [0.15, 0.2) is 6.61 Å². The van der Waals surface area contributed by atoms with Gasteiger partial charge in [-0.15, -0.1) is 0 Å². The molecule has 5 nitrogen and oxygen atoms in total. The molecular formula is C26H20BrClN2O3. The zero-order valence-corrected chi connectivity index (χ0v) is 19.8. The number of halogens is 2. The average molecular weight is 524 g/mol. The minimum Gasteiger partial charge on any atom is -0.488 e. The monoisotopic (exact) mass is 522 g/mol. The molecule has 1 amide bonds. The Morgan fingerprint density at radius 3 is 2.48 bits per heavy atom. The smallest absolute Gasteiger partial charge is 0.277 e. The molecule has 4 aromatic carbocycles. The van der Waals surface area contributed by atoms with Gasteiger partial charge in [0, 0.05) is 10.0 Å². The van der Waals surface area contributed by atoms with Crippen LogP contribution >= 0.6 is 27.5 Å². The predicted octanol–water partition coefficient (Wildman–Crippen LogP) is 6.36. The van der Waals surface area contributed by atoms with E-state index < -0.39 is 5.91 Å². The first kappa shape index (κ1) is 22.8. The van der Waals surface area contributed by atoms with Crippen LogP contribution < -0.4 is 14.9 Å². The van der Waals surface area contributed by atoms with Crippen molar-refractivity contribution >= 4 is 50.4 Å². The van der Waals surface area contributed by atoms with Gasteiger partial charge < -0.3 is 9.47 Å². The lowest BCUT2D eigenvalue weighted by Gasteiger charge is -2.12. The number of ether oxygens (including phenoxy) is 2. The summed E-state index contributed by atoms with van der Waals surface area (Å²) in [5.74, 6) is 0.710. The summed E-state index contributed by atoms with van der Waals surface area (Å²) < 4.78 is 12.5. The van der Waals surface area contributed by atoms with Crippen LogP contribution in [0, 0.1) is 0 Å². The van der Waals surface area contributed by atoms with Gasteiger partial charge in [0.05, 0.1) is 11.2 Å². The molecule has 33 heavy (non-hydrogen) atoms. The van der Waals surface area contributed by atoms with E-state index in [-0.39, 0.29) is 6.61 Å². The van der Waals surface area contributed by atoms with E-state index in [4.69, 9.17) is 21.1 Å². The van der Waals surface area contributed by atoms with Crippen molar-refractivity contribution in [2.24, 2.45) is 5.10 Å². The van der Waals surface area contributed by atoms with Crippen molar-refractivity contribution in [2.45, 2.75) is 6.61 Å². The maximum Gasteiger partial charge on any atom is 0.277 e. The summed E-state index contributed by atoms with van der Waals surface area (Å²) in [6, 6.07) is 26.8. The Morgan fingerprint density at radius 1 is 0.909 bits per heavy atom. The number of hydrogen-bond donors (Lipinski definition) is 1. The molecule has 0 radical (unpaired) electrons. The molecule has 0 heterocycles. The standard InChI is InChI=1S/C26H20BrClN2O3/c27-20-12-9-18(10-13-20)16-32-24-14-11-19-5-1-2-6-21(19)22(24)15-29-30-26(31)17-33-25-8-4-3-7-23(25)28/h1-15H,16-17H2,(H,30,31)/b29-15-. The Bertz CT molecular complexity index is 1290. The molecular weight excluding hydrogens is 504 g/mol. The second-order valence-electron chi connectivity index (χ2n) is 7.13. The molecule has 166 valence electrons. The summed E-state index contributed by atoms with van der Waals surface area (Å²) >= 11 is 9.48. The van der Waals surface area contributed by atoms with E-state index in [9.17, 15) is 4.79 Å². The van der Waals surface area contributed by atoms with Crippen LogP contribution in [0.3, 0.4) is 0 Å². The number of para-hydroxylation sites is 1. The average Bonchev–Trinajstić information content (AvgIpc) is 2.84. The second kappa shape index (κ2) is 11.0. The fourth-order valence-corrected chi connectivity index (χ4v) is 3.64. The maximum absolute atomic E-state index is 12.2. The highest BCUT2D eigenvalue weighted by Gasteiger charge is 2.09.